The van der Waals surface area contributed by atoms with Crippen LogP contribution in [0.2, 0.25) is 0 Å². The van der Waals surface area contributed by atoms with Crippen LogP contribution in [0, 0.1) is 0 Å². The molecule has 3 aromatic rings. The summed E-state index contributed by atoms with van der Waals surface area (Å²) >= 11 is 0. The predicted octanol–water partition coefficient (Wildman–Crippen LogP) is 3.83. The molecule has 0 saturated heterocycles. The summed E-state index contributed by atoms with van der Waals surface area (Å²) in [7, 11) is 1.49. The third-order valence-corrected chi connectivity index (χ3v) is 5.59. The number of fused-ring (bicyclic) bond motifs is 1. The quantitative estimate of drug-likeness (QED) is 0.369. The minimum Gasteiger partial charge on any atom is -0.496 e. The van der Waals surface area contributed by atoms with E-state index in [9.17, 15) is 14.4 Å². The van der Waals surface area contributed by atoms with Crippen LogP contribution in [0.15, 0.2) is 72.8 Å². The molecule has 7 heteroatoms. The number of hydrogen-bond donors (Lipinski definition) is 1. The van der Waals surface area contributed by atoms with E-state index in [0.717, 1.165) is 5.56 Å². The maximum atomic E-state index is 12.8. The van der Waals surface area contributed by atoms with Crippen molar-refractivity contribution in [1.29, 1.82) is 0 Å². The number of carbonyl (C=O) groups is 3. The van der Waals surface area contributed by atoms with E-state index in [1.54, 1.807) is 42.5 Å². The highest BCUT2D eigenvalue weighted by Crippen LogP contribution is 2.26. The second kappa shape index (κ2) is 10.8. The summed E-state index contributed by atoms with van der Waals surface area (Å²) in [5.41, 5.74) is 2.90. The van der Waals surface area contributed by atoms with Crippen LogP contribution in [-0.4, -0.2) is 42.9 Å². The maximum absolute atomic E-state index is 12.8. The predicted molar refractivity (Wildman–Crippen MR) is 127 cm³/mol. The van der Waals surface area contributed by atoms with Crippen molar-refractivity contribution in [3.63, 3.8) is 0 Å². The van der Waals surface area contributed by atoms with Gasteiger partial charge in [0.25, 0.3) is 17.7 Å². The van der Waals surface area contributed by atoms with Crippen molar-refractivity contribution >= 4 is 17.7 Å². The SMILES string of the molecule is COc1ccc(CN2C(=O)c3ccccc3C2=O)cc1C(=O)NCCCOCc1ccccc1. The number of ether oxygens (including phenoxy) is 2. The number of nitrogens with one attached hydrogen (secondary N) is 1. The summed E-state index contributed by atoms with van der Waals surface area (Å²) < 4.78 is 11.0. The first kappa shape index (κ1) is 23.2. The summed E-state index contributed by atoms with van der Waals surface area (Å²) in [4.78, 5) is 39.3. The molecule has 1 N–H and O–H groups in total. The molecular formula is C27H26N2O5. The molecule has 0 atom stereocenters. The lowest BCUT2D eigenvalue weighted by Crippen LogP contribution is -2.29. The fourth-order valence-corrected chi connectivity index (χ4v) is 3.83. The molecule has 0 unspecified atom stereocenters. The first-order chi connectivity index (χ1) is 16.6. The van der Waals surface area contributed by atoms with Crippen molar-refractivity contribution in [3.05, 3.63) is 101 Å². The van der Waals surface area contributed by atoms with Gasteiger partial charge in [0.05, 0.1) is 37.0 Å². The van der Waals surface area contributed by atoms with Crippen LogP contribution in [0.3, 0.4) is 0 Å². The van der Waals surface area contributed by atoms with Crippen molar-refractivity contribution in [2.45, 2.75) is 19.6 Å². The van der Waals surface area contributed by atoms with E-state index in [1.807, 2.05) is 30.3 Å². The Morgan fingerprint density at radius 2 is 1.56 bits per heavy atom. The van der Waals surface area contributed by atoms with Crippen molar-refractivity contribution in [2.24, 2.45) is 0 Å². The van der Waals surface area contributed by atoms with Gasteiger partial charge >= 0.3 is 0 Å². The Bertz CT molecular complexity index is 1160. The van der Waals surface area contributed by atoms with Crippen molar-refractivity contribution in [2.75, 3.05) is 20.3 Å². The Labute approximate surface area is 198 Å². The fraction of sp³-hybridized carbons (Fsp3) is 0.222. The third kappa shape index (κ3) is 5.15. The van der Waals surface area contributed by atoms with Gasteiger partial charge in [-0.1, -0.05) is 48.5 Å². The number of rotatable bonds is 10. The smallest absolute Gasteiger partial charge is 0.261 e. The summed E-state index contributed by atoms with van der Waals surface area (Å²) in [5.74, 6) is -0.538. The molecule has 0 saturated carbocycles. The highest BCUT2D eigenvalue weighted by molar-refractivity contribution is 6.21. The number of carbonyl (C=O) groups excluding carboxylic acids is 3. The molecule has 0 aliphatic carbocycles. The molecular weight excluding hydrogens is 432 g/mol. The van der Waals surface area contributed by atoms with E-state index in [-0.39, 0.29) is 24.3 Å². The van der Waals surface area contributed by atoms with Gasteiger partial charge in [0.15, 0.2) is 0 Å². The largest absolute Gasteiger partial charge is 0.496 e. The zero-order chi connectivity index (χ0) is 23.9. The van der Waals surface area contributed by atoms with E-state index >= 15 is 0 Å². The van der Waals surface area contributed by atoms with Crippen LogP contribution in [-0.2, 0) is 17.9 Å². The summed E-state index contributed by atoms with van der Waals surface area (Å²) in [6, 6.07) is 21.7. The van der Waals surface area contributed by atoms with Crippen LogP contribution < -0.4 is 10.1 Å². The van der Waals surface area contributed by atoms with Crippen LogP contribution in [0.1, 0.15) is 48.6 Å². The molecule has 1 aliphatic heterocycles. The Balaban J connectivity index is 1.33. The van der Waals surface area contributed by atoms with Gasteiger partial charge in [0.1, 0.15) is 5.75 Å². The van der Waals surface area contributed by atoms with Gasteiger partial charge in [0, 0.05) is 13.2 Å². The van der Waals surface area contributed by atoms with Crippen molar-refractivity contribution in [1.82, 2.24) is 10.2 Å². The standard InChI is InChI=1S/C27H26N2O5/c1-33-24-13-12-20(17-29-26(31)21-10-5-6-11-22(21)27(29)32)16-23(24)25(30)28-14-7-15-34-18-19-8-3-2-4-9-19/h2-6,8-13,16H,7,14-15,17-18H2,1H3,(H,28,30). The lowest BCUT2D eigenvalue weighted by molar-refractivity contribution is 0.0642. The molecule has 0 radical (unpaired) electrons. The van der Waals surface area contributed by atoms with Gasteiger partial charge in [-0.2, -0.15) is 0 Å². The summed E-state index contributed by atoms with van der Waals surface area (Å²) in [5, 5.41) is 2.88. The normalized spacial score (nSPS) is 12.6. The Morgan fingerprint density at radius 3 is 2.24 bits per heavy atom. The second-order valence-electron chi connectivity index (χ2n) is 7.92. The summed E-state index contributed by atoms with van der Waals surface area (Å²) in [6.45, 7) is 1.57. The molecule has 1 heterocycles. The van der Waals surface area contributed by atoms with E-state index in [4.69, 9.17) is 9.47 Å². The zero-order valence-corrected chi connectivity index (χ0v) is 19.0. The van der Waals surface area contributed by atoms with Crippen molar-refractivity contribution in [3.8, 4) is 5.75 Å². The zero-order valence-electron chi connectivity index (χ0n) is 19.0. The molecule has 3 amide bonds. The second-order valence-corrected chi connectivity index (χ2v) is 7.92. The highest BCUT2D eigenvalue weighted by atomic mass is 16.5. The van der Waals surface area contributed by atoms with Gasteiger partial charge in [-0.25, -0.2) is 0 Å². The number of amides is 3. The molecule has 1 aliphatic rings. The molecule has 3 aromatic carbocycles. The van der Waals surface area contributed by atoms with Crippen LogP contribution in [0.4, 0.5) is 0 Å². The minimum absolute atomic E-state index is 0.0734. The van der Waals surface area contributed by atoms with E-state index < -0.39 is 0 Å². The topological polar surface area (TPSA) is 84.9 Å². The number of nitrogens with zero attached hydrogens (tertiary/aromatic N) is 1. The first-order valence-corrected chi connectivity index (χ1v) is 11.1. The van der Waals surface area contributed by atoms with E-state index in [2.05, 4.69) is 5.32 Å². The molecule has 0 bridgehead atoms. The van der Waals surface area contributed by atoms with Gasteiger partial charge in [-0.3, -0.25) is 19.3 Å². The highest BCUT2D eigenvalue weighted by Gasteiger charge is 2.35. The monoisotopic (exact) mass is 458 g/mol. The van der Waals surface area contributed by atoms with Gasteiger partial charge in [-0.15, -0.1) is 0 Å². The molecule has 0 spiro atoms. The average molecular weight is 459 g/mol. The number of methoxy groups -OCH3 is 1. The lowest BCUT2D eigenvalue weighted by Gasteiger charge is -2.16. The Morgan fingerprint density at radius 1 is 0.882 bits per heavy atom. The van der Waals surface area contributed by atoms with Gasteiger partial charge in [-0.05, 0) is 41.8 Å². The van der Waals surface area contributed by atoms with Crippen LogP contribution in [0.5, 0.6) is 5.75 Å². The van der Waals surface area contributed by atoms with Crippen LogP contribution >= 0.6 is 0 Å². The Hall–Kier alpha value is -3.97. The van der Waals surface area contributed by atoms with E-state index in [1.165, 1.54) is 12.0 Å². The maximum Gasteiger partial charge on any atom is 0.261 e. The average Bonchev–Trinajstić information content (AvgIpc) is 3.11. The van der Waals surface area contributed by atoms with Crippen molar-refractivity contribution < 1.29 is 23.9 Å². The summed E-state index contributed by atoms with van der Waals surface area (Å²) in [6.07, 6.45) is 0.662. The third-order valence-electron chi connectivity index (χ3n) is 5.59. The molecule has 0 fully saturated rings. The molecule has 174 valence electrons. The van der Waals surface area contributed by atoms with Gasteiger partial charge in [0.2, 0.25) is 0 Å². The minimum atomic E-state index is -0.335. The van der Waals surface area contributed by atoms with E-state index in [0.29, 0.717) is 54.2 Å². The number of imide groups is 1. The number of benzene rings is 3. The lowest BCUT2D eigenvalue weighted by atomic mass is 10.1. The molecule has 0 aromatic heterocycles. The fourth-order valence-electron chi connectivity index (χ4n) is 3.83. The first-order valence-electron chi connectivity index (χ1n) is 11.1. The molecule has 4 rings (SSSR count). The van der Waals surface area contributed by atoms with Crippen LogP contribution in [0.25, 0.3) is 0 Å². The Kier molecular flexibility index (Phi) is 7.34. The molecule has 34 heavy (non-hydrogen) atoms. The molecule has 7 nitrogen and oxygen atoms in total. The van der Waals surface area contributed by atoms with Gasteiger partial charge < -0.3 is 14.8 Å². The number of hydrogen-bond acceptors (Lipinski definition) is 5.